The number of nitrogens with zero attached hydrogens (tertiary/aromatic N) is 2. The van der Waals surface area contributed by atoms with Crippen molar-refractivity contribution in [3.8, 4) is 5.75 Å². The normalized spacial score (nSPS) is 10.4. The van der Waals surface area contributed by atoms with E-state index < -0.39 is 0 Å². The maximum atomic E-state index is 5.41. The van der Waals surface area contributed by atoms with E-state index in [1.807, 2.05) is 24.3 Å². The summed E-state index contributed by atoms with van der Waals surface area (Å²) in [7, 11) is 1.63. The minimum absolute atomic E-state index is 0.0687. The van der Waals surface area contributed by atoms with Crippen LogP contribution in [0.15, 0.2) is 34.5 Å². The van der Waals surface area contributed by atoms with Crippen molar-refractivity contribution in [2.24, 2.45) is 21.7 Å². The molecule has 0 aliphatic carbocycles. The summed E-state index contributed by atoms with van der Waals surface area (Å²) in [5.74, 6) is 0.710. The molecule has 0 saturated heterocycles. The number of rotatable bonds is 6. The second kappa shape index (κ2) is 7.24. The van der Waals surface area contributed by atoms with Crippen LogP contribution in [-0.4, -0.2) is 32.5 Å². The number of benzene rings is 1. The van der Waals surface area contributed by atoms with E-state index >= 15 is 0 Å². The molecule has 1 rings (SSSR count). The van der Waals surface area contributed by atoms with Crippen molar-refractivity contribution < 1.29 is 9.47 Å². The first-order valence-corrected chi connectivity index (χ1v) is 5.06. The lowest BCUT2D eigenvalue weighted by Crippen LogP contribution is -2.21. The average molecular weight is 236 g/mol. The third-order valence-corrected chi connectivity index (χ3v) is 1.82. The second-order valence-corrected chi connectivity index (χ2v) is 3.18. The number of nitrogens with two attached hydrogens (primary N) is 2. The quantitative estimate of drug-likeness (QED) is 0.322. The SMILES string of the molecule is COCCOc1ccc(C=NN=C(N)N)cc1. The zero-order valence-corrected chi connectivity index (χ0v) is 9.67. The van der Waals surface area contributed by atoms with Gasteiger partial charge in [-0.05, 0) is 29.8 Å². The average Bonchev–Trinajstić information content (AvgIpc) is 2.31. The number of hydrogen-bond donors (Lipinski definition) is 2. The molecule has 4 N–H and O–H groups in total. The van der Waals surface area contributed by atoms with Gasteiger partial charge in [-0.25, -0.2) is 0 Å². The van der Waals surface area contributed by atoms with E-state index in [4.69, 9.17) is 20.9 Å². The molecule has 0 fully saturated rings. The summed E-state index contributed by atoms with van der Waals surface area (Å²) in [6.07, 6.45) is 1.55. The molecular formula is C11H16N4O2. The van der Waals surface area contributed by atoms with Crippen molar-refractivity contribution in [2.75, 3.05) is 20.3 Å². The fourth-order valence-corrected chi connectivity index (χ4v) is 1.06. The van der Waals surface area contributed by atoms with Crippen molar-refractivity contribution in [3.63, 3.8) is 0 Å². The predicted octanol–water partition coefficient (Wildman–Crippen LogP) is 0.319. The first kappa shape index (κ1) is 13.0. The number of guanidine groups is 1. The van der Waals surface area contributed by atoms with Crippen LogP contribution in [0, 0.1) is 0 Å². The Labute approximate surface area is 99.9 Å². The van der Waals surface area contributed by atoms with Gasteiger partial charge < -0.3 is 20.9 Å². The van der Waals surface area contributed by atoms with E-state index in [-0.39, 0.29) is 5.96 Å². The Kier molecular flexibility index (Phi) is 5.53. The van der Waals surface area contributed by atoms with Gasteiger partial charge in [0.05, 0.1) is 12.8 Å². The monoisotopic (exact) mass is 236 g/mol. The highest BCUT2D eigenvalue weighted by atomic mass is 16.5. The van der Waals surface area contributed by atoms with Crippen molar-refractivity contribution in [1.29, 1.82) is 0 Å². The third-order valence-electron chi connectivity index (χ3n) is 1.82. The largest absolute Gasteiger partial charge is 0.491 e. The Balaban J connectivity index is 2.50. The summed E-state index contributed by atoms with van der Waals surface area (Å²) in [5, 5.41) is 7.20. The Morgan fingerprint density at radius 3 is 2.53 bits per heavy atom. The van der Waals surface area contributed by atoms with Gasteiger partial charge in [0.25, 0.3) is 0 Å². The van der Waals surface area contributed by atoms with Gasteiger partial charge in [0, 0.05) is 7.11 Å². The molecular weight excluding hydrogens is 220 g/mol. The highest BCUT2D eigenvalue weighted by Crippen LogP contribution is 2.10. The van der Waals surface area contributed by atoms with Crippen LogP contribution in [0.1, 0.15) is 5.56 Å². The maximum absolute atomic E-state index is 5.41. The zero-order chi connectivity index (χ0) is 12.5. The van der Waals surface area contributed by atoms with Crippen LogP contribution in [-0.2, 0) is 4.74 Å². The van der Waals surface area contributed by atoms with Crippen LogP contribution in [0.2, 0.25) is 0 Å². The molecule has 0 amide bonds. The smallest absolute Gasteiger partial charge is 0.211 e. The van der Waals surface area contributed by atoms with E-state index in [9.17, 15) is 0 Å². The van der Waals surface area contributed by atoms with Crippen molar-refractivity contribution in [3.05, 3.63) is 29.8 Å². The lowest BCUT2D eigenvalue weighted by Gasteiger charge is -2.04. The van der Waals surface area contributed by atoms with E-state index in [0.717, 1.165) is 11.3 Å². The van der Waals surface area contributed by atoms with Gasteiger partial charge in [-0.3, -0.25) is 0 Å². The van der Waals surface area contributed by atoms with Crippen LogP contribution in [0.4, 0.5) is 0 Å². The van der Waals surface area contributed by atoms with E-state index in [0.29, 0.717) is 13.2 Å². The molecule has 6 nitrogen and oxygen atoms in total. The molecule has 17 heavy (non-hydrogen) atoms. The summed E-state index contributed by atoms with van der Waals surface area (Å²) in [5.41, 5.74) is 11.1. The topological polar surface area (TPSA) is 95.2 Å². The van der Waals surface area contributed by atoms with E-state index in [1.165, 1.54) is 0 Å². The number of ether oxygens (including phenoxy) is 2. The van der Waals surface area contributed by atoms with Gasteiger partial charge in [0.1, 0.15) is 12.4 Å². The van der Waals surface area contributed by atoms with Crippen LogP contribution in [0.3, 0.4) is 0 Å². The lowest BCUT2D eigenvalue weighted by molar-refractivity contribution is 0.146. The number of hydrogen-bond acceptors (Lipinski definition) is 4. The molecule has 1 aromatic rings. The molecule has 0 aliphatic heterocycles. The molecule has 0 unspecified atom stereocenters. The molecule has 92 valence electrons. The Morgan fingerprint density at radius 2 is 1.94 bits per heavy atom. The van der Waals surface area contributed by atoms with Crippen LogP contribution < -0.4 is 16.2 Å². The summed E-state index contributed by atoms with van der Waals surface area (Å²) in [4.78, 5) is 0. The minimum Gasteiger partial charge on any atom is -0.491 e. The minimum atomic E-state index is -0.0687. The maximum Gasteiger partial charge on any atom is 0.211 e. The molecule has 0 atom stereocenters. The summed E-state index contributed by atoms with van der Waals surface area (Å²) < 4.78 is 10.3. The molecule has 1 aromatic carbocycles. The van der Waals surface area contributed by atoms with Crippen LogP contribution in [0.25, 0.3) is 0 Å². The lowest BCUT2D eigenvalue weighted by atomic mass is 10.2. The van der Waals surface area contributed by atoms with Crippen molar-refractivity contribution >= 4 is 12.2 Å². The summed E-state index contributed by atoms with van der Waals surface area (Å²) in [6, 6.07) is 7.39. The van der Waals surface area contributed by atoms with Crippen molar-refractivity contribution in [1.82, 2.24) is 0 Å². The van der Waals surface area contributed by atoms with Gasteiger partial charge in [-0.1, -0.05) is 0 Å². The van der Waals surface area contributed by atoms with Crippen LogP contribution in [0.5, 0.6) is 5.75 Å². The standard InChI is InChI=1S/C11H16N4O2/c1-16-6-7-17-10-4-2-9(3-5-10)8-14-15-11(12)13/h2-5,8H,6-7H2,1H3,(H4,12,13,15). The summed E-state index contributed by atoms with van der Waals surface area (Å²) >= 11 is 0. The van der Waals surface area contributed by atoms with Crippen molar-refractivity contribution in [2.45, 2.75) is 0 Å². The molecule has 6 heteroatoms. The van der Waals surface area contributed by atoms with Crippen LogP contribution >= 0.6 is 0 Å². The second-order valence-electron chi connectivity index (χ2n) is 3.18. The van der Waals surface area contributed by atoms with E-state index in [1.54, 1.807) is 13.3 Å². The highest BCUT2D eigenvalue weighted by molar-refractivity contribution is 5.81. The predicted molar refractivity (Wildman–Crippen MR) is 67.2 cm³/mol. The molecule has 0 saturated carbocycles. The highest BCUT2D eigenvalue weighted by Gasteiger charge is 1.93. The fourth-order valence-electron chi connectivity index (χ4n) is 1.06. The van der Waals surface area contributed by atoms with E-state index in [2.05, 4.69) is 10.2 Å². The molecule has 0 radical (unpaired) electrons. The number of methoxy groups -OCH3 is 1. The first-order valence-electron chi connectivity index (χ1n) is 5.06. The van der Waals surface area contributed by atoms with Gasteiger partial charge in [0.15, 0.2) is 0 Å². The summed E-state index contributed by atoms with van der Waals surface area (Å²) in [6.45, 7) is 1.09. The van der Waals surface area contributed by atoms with Gasteiger partial charge in [0.2, 0.25) is 5.96 Å². The first-order chi connectivity index (χ1) is 8.22. The van der Waals surface area contributed by atoms with Gasteiger partial charge in [-0.2, -0.15) is 5.10 Å². The van der Waals surface area contributed by atoms with Gasteiger partial charge >= 0.3 is 0 Å². The molecule has 0 bridgehead atoms. The molecule has 0 aromatic heterocycles. The molecule has 0 heterocycles. The molecule has 0 aliphatic rings. The Morgan fingerprint density at radius 1 is 1.24 bits per heavy atom. The van der Waals surface area contributed by atoms with Gasteiger partial charge in [-0.15, -0.1) is 5.10 Å². The Hall–Kier alpha value is -2.08. The Bertz CT molecular complexity index is 383. The molecule has 0 spiro atoms. The fraction of sp³-hybridized carbons (Fsp3) is 0.273. The third kappa shape index (κ3) is 5.53. The zero-order valence-electron chi connectivity index (χ0n) is 9.67.